The minimum atomic E-state index is -5.39. The molecule has 15 N–H and O–H groups in total. The minimum Gasteiger partial charge on any atom is -0.822 e. The van der Waals surface area contributed by atoms with Gasteiger partial charge < -0.3 is 110 Å². The Balaban J connectivity index is -0.000000246. The van der Waals surface area contributed by atoms with Crippen LogP contribution in [0.15, 0.2) is 0 Å². The molecule has 0 spiro atoms. The second-order valence-corrected chi connectivity index (χ2v) is 9.15. The summed E-state index contributed by atoms with van der Waals surface area (Å²) >= 11 is 0. The van der Waals surface area contributed by atoms with Gasteiger partial charge in [0.1, 0.15) is 18.3 Å². The fraction of sp³-hybridized carbons (Fsp3) is 0.833. The second-order valence-electron chi connectivity index (χ2n) is 8.26. The molecule has 44 heavy (non-hydrogen) atoms. The Morgan fingerprint density at radius 1 is 0.477 bits per heavy atom. The number of phosphoric acid groups is 1. The van der Waals surface area contributed by atoms with E-state index in [1.54, 1.807) is 0 Å². The second kappa shape index (κ2) is 24.7. The van der Waals surface area contributed by atoms with Crippen molar-refractivity contribution in [2.75, 3.05) is 19.8 Å². The molecular weight excluding hydrogens is 923 g/mol. The number of hydrogen-bond donors (Lipinski definition) is 15. The maximum Gasteiger partial charge on any atom is 1.00 e. The Morgan fingerprint density at radius 3 is 0.773 bits per heavy atom. The third-order valence-electron chi connectivity index (χ3n) is 5.28. The van der Waals surface area contributed by atoms with E-state index in [2.05, 4.69) is 14.2 Å². The van der Waals surface area contributed by atoms with Gasteiger partial charge in [0.15, 0.2) is 0 Å². The zero-order valence-electron chi connectivity index (χ0n) is 21.5. The molecule has 0 bridgehead atoms. The summed E-state index contributed by atoms with van der Waals surface area (Å²) in [7, 11) is -5.39. The Bertz CT molecular complexity index is 670. The quantitative estimate of drug-likeness (QED) is 0.0709. The van der Waals surface area contributed by atoms with Crippen molar-refractivity contribution in [2.24, 2.45) is 0 Å². The molecule has 3 saturated heterocycles. The molecule has 278 valence electrons. The van der Waals surface area contributed by atoms with Gasteiger partial charge in [-0.2, -0.15) is 7.82 Å². The van der Waals surface area contributed by atoms with E-state index in [0.29, 0.717) is 0 Å². The van der Waals surface area contributed by atoms with Crippen LogP contribution in [-0.4, -0.2) is 170 Å². The van der Waals surface area contributed by atoms with Crippen LogP contribution in [0.1, 0.15) is 0 Å². The summed E-state index contributed by atoms with van der Waals surface area (Å²) in [5.74, 6) is 0. The molecule has 26 heteroatoms. The first-order valence-electron chi connectivity index (χ1n) is 11.1. The molecule has 3 aliphatic heterocycles. The van der Waals surface area contributed by atoms with Gasteiger partial charge in [-0.25, -0.2) is 0 Å². The van der Waals surface area contributed by atoms with E-state index >= 15 is 0 Å². The molecule has 0 unspecified atom stereocenters. The average Bonchev–Trinajstić information content (AvgIpc) is 2.90. The first-order chi connectivity index (χ1) is 18.7. The molecule has 12 atom stereocenters. The molecule has 0 amide bonds. The molecule has 0 saturated carbocycles. The summed E-state index contributed by atoms with van der Waals surface area (Å²) in [6.45, 7) is -1.64. The van der Waals surface area contributed by atoms with Crippen LogP contribution < -0.4 is 14.7 Å². The fourth-order valence-electron chi connectivity index (χ4n) is 2.98. The van der Waals surface area contributed by atoms with Crippen molar-refractivity contribution in [3.8, 4) is 0 Å². The van der Waals surface area contributed by atoms with Crippen LogP contribution in [0.25, 0.3) is 0 Å². The van der Waals surface area contributed by atoms with E-state index < -0.39 is 120 Å². The normalized spacial score (nSPS) is 38.0. The van der Waals surface area contributed by atoms with Crippen LogP contribution in [0.2, 0.25) is 0 Å². The molecule has 0 aliphatic carbocycles. The first kappa shape index (κ1) is 52.4. The Hall–Kier alpha value is 1.61. The van der Waals surface area contributed by atoms with Crippen LogP contribution in [0.5, 0.6) is 0 Å². The number of aliphatic hydroxyl groups is 15. The summed E-state index contributed by atoms with van der Waals surface area (Å²) in [6.07, 6.45) is -19.3. The van der Waals surface area contributed by atoms with E-state index in [1.807, 2.05) is 0 Å². The molecule has 3 rings (SSSR count). The van der Waals surface area contributed by atoms with Crippen molar-refractivity contribution < 1.29 is 177 Å². The van der Waals surface area contributed by atoms with Crippen molar-refractivity contribution in [1.82, 2.24) is 0 Å². The summed E-state index contributed by atoms with van der Waals surface area (Å²) in [5, 5.41) is 133. The van der Waals surface area contributed by atoms with E-state index in [-0.39, 0.29) is 67.1 Å². The SMILES string of the molecule is O=P([O-])([O-])[O-].OC[C@H]1O[C-](O)[C@H](O)[C@@H](O)[C@@H]1O.OC[C@H]1O[C-](O)[C@H](O)[C@@H](O)[C@@H]1O.OC[C@H]1O[C-](O)[C@H](O)[C@@H](O)[C@@H]1O.[Ag+].[Ag+].[Ag+]. The van der Waals surface area contributed by atoms with Gasteiger partial charge in [0, 0.05) is 18.3 Å². The van der Waals surface area contributed by atoms with Crippen LogP contribution in [0.4, 0.5) is 0 Å². The van der Waals surface area contributed by atoms with Gasteiger partial charge in [0.25, 0.3) is 0 Å². The Morgan fingerprint density at radius 2 is 0.636 bits per heavy atom. The van der Waals surface area contributed by atoms with Crippen molar-refractivity contribution in [1.29, 1.82) is 0 Å². The predicted molar refractivity (Wildman–Crippen MR) is 113 cm³/mol. The van der Waals surface area contributed by atoms with Crippen molar-refractivity contribution in [2.45, 2.75) is 73.2 Å². The van der Waals surface area contributed by atoms with E-state index in [1.165, 1.54) is 0 Å². The molecule has 0 aromatic heterocycles. The van der Waals surface area contributed by atoms with Crippen LogP contribution in [0, 0.1) is 18.9 Å². The minimum absolute atomic E-state index is 0. The molecular formula is C18H33Ag3O22P-3. The molecule has 3 aliphatic rings. The van der Waals surface area contributed by atoms with Gasteiger partial charge in [-0.3, -0.25) is 0 Å². The molecule has 0 radical (unpaired) electrons. The van der Waals surface area contributed by atoms with E-state index in [0.717, 1.165) is 0 Å². The molecule has 0 aromatic rings. The molecule has 3 fully saturated rings. The largest absolute Gasteiger partial charge is 1.00 e. The molecule has 0 aromatic carbocycles. The van der Waals surface area contributed by atoms with Gasteiger partial charge in [-0.1, -0.05) is 18.9 Å². The smallest absolute Gasteiger partial charge is 0.822 e. The number of hydrogen-bond acceptors (Lipinski definition) is 22. The van der Waals surface area contributed by atoms with Crippen molar-refractivity contribution in [3.05, 3.63) is 18.9 Å². The van der Waals surface area contributed by atoms with Crippen LogP contribution in [-0.2, 0) is 85.9 Å². The third kappa shape index (κ3) is 17.3. The van der Waals surface area contributed by atoms with Crippen molar-refractivity contribution >= 4 is 7.82 Å². The van der Waals surface area contributed by atoms with Gasteiger partial charge in [0.2, 0.25) is 0 Å². The predicted octanol–water partition coefficient (Wildman–Crippen LogP) is -10.9. The summed E-state index contributed by atoms with van der Waals surface area (Å²) in [4.78, 5) is 25.6. The van der Waals surface area contributed by atoms with E-state index in [9.17, 15) is 0 Å². The third-order valence-corrected chi connectivity index (χ3v) is 5.28. The van der Waals surface area contributed by atoms with Crippen LogP contribution in [0.3, 0.4) is 0 Å². The standard InChI is InChI=1S/3C6H11O6.3Ag.H3O4P/c3*7-1-2-3(8)4(9)5(10)6(11)12-2;;;;1-5(2,3)4/h3*2-5,7-11H,1H2;;;;(H3,1,2,3,4)/q3*-1;3*+1;/p-3/t3*2-,3-,4+,5-;;;;/m111..../s1. The van der Waals surface area contributed by atoms with Gasteiger partial charge in [-0.05, 0) is 0 Å². The fourth-order valence-corrected chi connectivity index (χ4v) is 2.98. The van der Waals surface area contributed by atoms with E-state index in [4.69, 9.17) is 95.8 Å². The maximum absolute atomic E-state index is 9.11. The molecule has 22 nitrogen and oxygen atoms in total. The topological polar surface area (TPSA) is 417 Å². The first-order valence-corrected chi connectivity index (χ1v) is 12.5. The van der Waals surface area contributed by atoms with Gasteiger partial charge >= 0.3 is 67.1 Å². The summed E-state index contributed by atoms with van der Waals surface area (Å²) in [5.41, 5.74) is 0. The molecule has 3 heterocycles. The summed E-state index contributed by atoms with van der Waals surface area (Å²) < 4.78 is 22.0. The zero-order chi connectivity index (χ0) is 32.4. The maximum atomic E-state index is 9.11. The van der Waals surface area contributed by atoms with Crippen molar-refractivity contribution in [3.63, 3.8) is 0 Å². The van der Waals surface area contributed by atoms with Crippen LogP contribution >= 0.6 is 7.82 Å². The van der Waals surface area contributed by atoms with Gasteiger partial charge in [0.05, 0.1) is 56.4 Å². The Kier molecular flexibility index (Phi) is 29.4. The zero-order valence-corrected chi connectivity index (χ0v) is 26.8. The van der Waals surface area contributed by atoms with Gasteiger partial charge in [-0.15, -0.1) is 0 Å². The number of aliphatic hydroxyl groups excluding tert-OH is 15. The average molecular weight is 956 g/mol. The summed E-state index contributed by atoms with van der Waals surface area (Å²) in [6, 6.07) is 0. The number of ether oxygens (including phenoxy) is 3. The Labute approximate surface area is 295 Å². The number of rotatable bonds is 3. The monoisotopic (exact) mass is 953 g/mol.